The summed E-state index contributed by atoms with van der Waals surface area (Å²) < 4.78 is 62.7. The third kappa shape index (κ3) is 5.41. The van der Waals surface area contributed by atoms with Crippen molar-refractivity contribution in [2.24, 2.45) is 0 Å². The molecular formula is C15H10ClF3N2O6S. The van der Waals surface area contributed by atoms with Crippen LogP contribution in [0, 0.1) is 10.1 Å². The van der Waals surface area contributed by atoms with E-state index in [0.717, 1.165) is 30.3 Å². The number of halogens is 4. The fourth-order valence-electron chi connectivity index (χ4n) is 2.03. The Hall–Kier alpha value is -2.70. The summed E-state index contributed by atoms with van der Waals surface area (Å²) in [5, 5.41) is 12.7. The van der Waals surface area contributed by atoms with Crippen molar-refractivity contribution in [3.63, 3.8) is 0 Å². The number of hydrogen-bond donors (Lipinski definition) is 2. The highest BCUT2D eigenvalue weighted by Gasteiger charge is 2.31. The molecule has 28 heavy (non-hydrogen) atoms. The average molecular weight is 439 g/mol. The molecule has 0 spiro atoms. The zero-order chi connectivity index (χ0) is 21.1. The Bertz CT molecular complexity index is 954. The molecule has 2 N–H and O–H groups in total. The van der Waals surface area contributed by atoms with Crippen LogP contribution in [0.25, 0.3) is 0 Å². The second kappa shape index (κ2) is 8.54. The second-order valence-corrected chi connectivity index (χ2v) is 6.49. The molecule has 0 saturated heterocycles. The smallest absolute Gasteiger partial charge is 0.416 e. The lowest BCUT2D eigenvalue weighted by molar-refractivity contribution is -0.385. The van der Waals surface area contributed by atoms with Crippen LogP contribution in [0.3, 0.4) is 0 Å². The standard InChI is InChI=1S/C15H10ClF3N2O6S/c16-11-5-8(15(17,18)19)1-4-13(11)27-9-2-3-12(21(23)24)10(6-9)14(22)20-7-28(25)26/h1-6H,7H2,(H,20,22)(H,25,26). The largest absolute Gasteiger partial charge is 0.456 e. The molecule has 0 aromatic heterocycles. The highest BCUT2D eigenvalue weighted by atomic mass is 35.5. The number of ether oxygens (including phenoxy) is 1. The van der Waals surface area contributed by atoms with Crippen molar-refractivity contribution in [3.05, 3.63) is 62.7 Å². The summed E-state index contributed by atoms with van der Waals surface area (Å²) in [7, 11) is 0. The first-order valence-electron chi connectivity index (χ1n) is 7.17. The minimum absolute atomic E-state index is 0.123. The molecule has 2 aromatic rings. The maximum absolute atomic E-state index is 12.7. The van der Waals surface area contributed by atoms with Gasteiger partial charge in [-0.2, -0.15) is 13.2 Å². The highest BCUT2D eigenvalue weighted by Crippen LogP contribution is 2.37. The number of carbonyl (C=O) groups excluding carboxylic acids is 1. The van der Waals surface area contributed by atoms with Gasteiger partial charge in [-0.15, -0.1) is 0 Å². The van der Waals surface area contributed by atoms with Gasteiger partial charge in [0, 0.05) is 12.1 Å². The van der Waals surface area contributed by atoms with Gasteiger partial charge in [-0.05, 0) is 24.3 Å². The Balaban J connectivity index is 2.34. The average Bonchev–Trinajstić information content (AvgIpc) is 2.60. The molecule has 0 bridgehead atoms. The van der Waals surface area contributed by atoms with Gasteiger partial charge in [0.2, 0.25) is 0 Å². The summed E-state index contributed by atoms with van der Waals surface area (Å²) in [6.07, 6.45) is -4.60. The van der Waals surface area contributed by atoms with Crippen LogP contribution >= 0.6 is 11.6 Å². The normalized spacial score (nSPS) is 12.3. The van der Waals surface area contributed by atoms with Crippen molar-refractivity contribution in [1.29, 1.82) is 0 Å². The molecule has 0 radical (unpaired) electrons. The van der Waals surface area contributed by atoms with Crippen molar-refractivity contribution in [2.45, 2.75) is 6.18 Å². The molecule has 150 valence electrons. The lowest BCUT2D eigenvalue weighted by atomic mass is 10.1. The number of nitro groups is 1. The molecular weight excluding hydrogens is 429 g/mol. The molecule has 0 fully saturated rings. The first-order valence-corrected chi connectivity index (χ1v) is 8.83. The van der Waals surface area contributed by atoms with E-state index in [9.17, 15) is 32.3 Å². The maximum atomic E-state index is 12.7. The number of hydrogen-bond acceptors (Lipinski definition) is 5. The van der Waals surface area contributed by atoms with Gasteiger partial charge < -0.3 is 14.6 Å². The van der Waals surface area contributed by atoms with Crippen molar-refractivity contribution in [3.8, 4) is 11.5 Å². The number of carbonyl (C=O) groups is 1. The summed E-state index contributed by atoms with van der Waals surface area (Å²) in [6.45, 7) is 0. The fourth-order valence-corrected chi connectivity index (χ4v) is 2.50. The molecule has 2 rings (SSSR count). The van der Waals surface area contributed by atoms with Crippen LogP contribution in [-0.4, -0.2) is 25.5 Å². The zero-order valence-corrected chi connectivity index (χ0v) is 15.1. The van der Waals surface area contributed by atoms with Gasteiger partial charge in [0.1, 0.15) is 22.9 Å². The molecule has 0 saturated carbocycles. The lowest BCUT2D eigenvalue weighted by Crippen LogP contribution is -2.27. The molecule has 2 aromatic carbocycles. The van der Waals surface area contributed by atoms with E-state index in [1.54, 1.807) is 0 Å². The quantitative estimate of drug-likeness (QED) is 0.400. The van der Waals surface area contributed by atoms with E-state index in [1.807, 2.05) is 5.32 Å². The molecule has 1 amide bonds. The number of amides is 1. The van der Waals surface area contributed by atoms with Gasteiger partial charge >= 0.3 is 6.18 Å². The van der Waals surface area contributed by atoms with E-state index in [-0.39, 0.29) is 16.5 Å². The summed E-state index contributed by atoms with van der Waals surface area (Å²) in [5.74, 6) is -1.97. The van der Waals surface area contributed by atoms with Gasteiger partial charge in [0.15, 0.2) is 11.1 Å². The Morgan fingerprint density at radius 3 is 2.50 bits per heavy atom. The molecule has 1 unspecified atom stereocenters. The van der Waals surface area contributed by atoms with Crippen molar-refractivity contribution >= 4 is 34.3 Å². The van der Waals surface area contributed by atoms with Crippen LogP contribution < -0.4 is 10.1 Å². The third-order valence-corrected chi connectivity index (χ3v) is 3.94. The van der Waals surface area contributed by atoms with Crippen LogP contribution in [-0.2, 0) is 17.3 Å². The van der Waals surface area contributed by atoms with Crippen LogP contribution in [0.15, 0.2) is 36.4 Å². The molecule has 13 heteroatoms. The highest BCUT2D eigenvalue weighted by molar-refractivity contribution is 7.79. The summed E-state index contributed by atoms with van der Waals surface area (Å²) in [6, 6.07) is 5.36. The molecule has 0 aliphatic rings. The van der Waals surface area contributed by atoms with E-state index in [4.69, 9.17) is 20.9 Å². The summed E-state index contributed by atoms with van der Waals surface area (Å²) >= 11 is 3.41. The van der Waals surface area contributed by atoms with E-state index in [0.29, 0.717) is 6.07 Å². The predicted molar refractivity (Wildman–Crippen MR) is 92.7 cm³/mol. The van der Waals surface area contributed by atoms with Crippen LogP contribution in [0.4, 0.5) is 18.9 Å². The second-order valence-electron chi connectivity index (χ2n) is 5.15. The van der Waals surface area contributed by atoms with E-state index < -0.39 is 50.8 Å². The van der Waals surface area contributed by atoms with Crippen molar-refractivity contribution in [2.75, 3.05) is 5.88 Å². The number of nitrogens with zero attached hydrogens (tertiary/aromatic N) is 1. The van der Waals surface area contributed by atoms with Gasteiger partial charge in [0.25, 0.3) is 11.6 Å². The predicted octanol–water partition coefficient (Wildman–Crippen LogP) is 3.97. The van der Waals surface area contributed by atoms with Gasteiger partial charge in [-0.1, -0.05) is 11.6 Å². The number of benzene rings is 2. The van der Waals surface area contributed by atoms with Gasteiger partial charge in [-0.25, -0.2) is 4.21 Å². The number of rotatable bonds is 6. The van der Waals surface area contributed by atoms with E-state index in [1.165, 1.54) is 0 Å². The van der Waals surface area contributed by atoms with E-state index in [2.05, 4.69) is 0 Å². The van der Waals surface area contributed by atoms with Crippen LogP contribution in [0.1, 0.15) is 15.9 Å². The van der Waals surface area contributed by atoms with Gasteiger partial charge in [0.05, 0.1) is 15.5 Å². The molecule has 1 atom stereocenters. The Morgan fingerprint density at radius 2 is 1.96 bits per heavy atom. The number of nitro benzene ring substituents is 1. The zero-order valence-electron chi connectivity index (χ0n) is 13.5. The summed E-state index contributed by atoms with van der Waals surface area (Å²) in [4.78, 5) is 22.3. The topological polar surface area (TPSA) is 119 Å². The van der Waals surface area contributed by atoms with Gasteiger partial charge in [-0.3, -0.25) is 14.9 Å². The summed E-state index contributed by atoms with van der Waals surface area (Å²) in [5.41, 5.74) is -2.08. The van der Waals surface area contributed by atoms with Crippen molar-refractivity contribution in [1.82, 2.24) is 5.32 Å². The molecule has 0 heterocycles. The van der Waals surface area contributed by atoms with E-state index >= 15 is 0 Å². The molecule has 0 aliphatic heterocycles. The Labute approximate surface area is 162 Å². The first-order chi connectivity index (χ1) is 13.0. The molecule has 8 nitrogen and oxygen atoms in total. The third-order valence-electron chi connectivity index (χ3n) is 3.25. The van der Waals surface area contributed by atoms with Crippen molar-refractivity contribution < 1.29 is 36.4 Å². The number of nitrogens with one attached hydrogen (secondary N) is 1. The van der Waals surface area contributed by atoms with Crippen LogP contribution in [0.2, 0.25) is 5.02 Å². The fraction of sp³-hybridized carbons (Fsp3) is 0.133. The van der Waals surface area contributed by atoms with Crippen LogP contribution in [0.5, 0.6) is 11.5 Å². The number of alkyl halides is 3. The Kier molecular flexibility index (Phi) is 6.59. The molecule has 0 aliphatic carbocycles. The monoisotopic (exact) mass is 438 g/mol. The lowest BCUT2D eigenvalue weighted by Gasteiger charge is -2.12. The first kappa shape index (κ1) is 21.6. The SMILES string of the molecule is O=C(NCS(=O)O)c1cc(Oc2ccc(C(F)(F)F)cc2Cl)ccc1[N+](=O)[O-]. The maximum Gasteiger partial charge on any atom is 0.416 e. The minimum Gasteiger partial charge on any atom is -0.456 e. The minimum atomic E-state index is -4.60. The Morgan fingerprint density at radius 1 is 1.29 bits per heavy atom.